The van der Waals surface area contributed by atoms with Gasteiger partial charge in [0.2, 0.25) is 5.91 Å². The highest BCUT2D eigenvalue weighted by Gasteiger charge is 2.25. The van der Waals surface area contributed by atoms with Crippen molar-refractivity contribution < 1.29 is 23.8 Å². The van der Waals surface area contributed by atoms with E-state index < -0.39 is 0 Å². The number of rotatable bonds is 7. The molecule has 3 rings (SSSR count). The lowest BCUT2D eigenvalue weighted by Crippen LogP contribution is -2.43. The normalized spacial score (nSPS) is 20.6. The van der Waals surface area contributed by atoms with Crippen molar-refractivity contribution in [2.45, 2.75) is 31.8 Å². The van der Waals surface area contributed by atoms with E-state index in [1.54, 1.807) is 7.11 Å². The van der Waals surface area contributed by atoms with Crippen LogP contribution >= 0.6 is 0 Å². The van der Waals surface area contributed by atoms with Gasteiger partial charge in [-0.3, -0.25) is 9.59 Å². The minimum Gasteiger partial charge on any atom is -0.490 e. The Morgan fingerprint density at radius 3 is 2.34 bits per heavy atom. The van der Waals surface area contributed by atoms with Gasteiger partial charge in [0.1, 0.15) is 18.5 Å². The van der Waals surface area contributed by atoms with Crippen LogP contribution in [0.2, 0.25) is 0 Å². The monoisotopic (exact) mass is 404 g/mol. The quantitative estimate of drug-likeness (QED) is 0.697. The predicted octanol–water partition coefficient (Wildman–Crippen LogP) is 2.20. The lowest BCUT2D eigenvalue weighted by Gasteiger charge is -2.33. The molecular weight excluding hydrogens is 372 g/mol. The molecule has 2 amide bonds. The summed E-state index contributed by atoms with van der Waals surface area (Å²) in [6, 6.07) is 7.42. The minimum absolute atomic E-state index is 0.0271. The van der Waals surface area contributed by atoms with Crippen molar-refractivity contribution in [1.29, 1.82) is 0 Å². The Labute approximate surface area is 172 Å². The zero-order valence-corrected chi connectivity index (χ0v) is 17.5. The van der Waals surface area contributed by atoms with Crippen LogP contribution in [0.1, 0.15) is 36.0 Å². The van der Waals surface area contributed by atoms with Crippen LogP contribution in [0.15, 0.2) is 24.3 Å². The molecule has 1 atom stereocenters. The van der Waals surface area contributed by atoms with Gasteiger partial charge in [-0.15, -0.1) is 0 Å². The third-order valence-electron chi connectivity index (χ3n) is 5.68. The SMILES string of the molecule is COCC(=O)N1CCC(Oc2ccc(C(=O)N3CCCC(COC)C3)cc2)CC1. The Kier molecular flexibility index (Phi) is 7.89. The third-order valence-corrected chi connectivity index (χ3v) is 5.68. The topological polar surface area (TPSA) is 68.3 Å². The summed E-state index contributed by atoms with van der Waals surface area (Å²) in [5, 5.41) is 0. The average Bonchev–Trinajstić information content (AvgIpc) is 2.75. The Morgan fingerprint density at radius 1 is 0.966 bits per heavy atom. The lowest BCUT2D eigenvalue weighted by molar-refractivity contribution is -0.136. The molecule has 0 aliphatic carbocycles. The summed E-state index contributed by atoms with van der Waals surface area (Å²) in [6.07, 6.45) is 3.81. The van der Waals surface area contributed by atoms with Gasteiger partial charge in [0.05, 0.1) is 6.61 Å². The summed E-state index contributed by atoms with van der Waals surface area (Å²) in [4.78, 5) is 28.4. The van der Waals surface area contributed by atoms with E-state index in [4.69, 9.17) is 14.2 Å². The molecule has 1 aromatic rings. The van der Waals surface area contributed by atoms with Crippen molar-refractivity contribution in [3.63, 3.8) is 0 Å². The molecule has 1 aromatic carbocycles. The van der Waals surface area contributed by atoms with Crippen LogP contribution in [-0.2, 0) is 14.3 Å². The average molecular weight is 405 g/mol. The molecule has 7 heteroatoms. The van der Waals surface area contributed by atoms with Gasteiger partial charge in [-0.25, -0.2) is 0 Å². The molecule has 0 spiro atoms. The van der Waals surface area contributed by atoms with E-state index in [0.29, 0.717) is 31.2 Å². The van der Waals surface area contributed by atoms with Gasteiger partial charge >= 0.3 is 0 Å². The molecule has 1 unspecified atom stereocenters. The summed E-state index contributed by atoms with van der Waals surface area (Å²) < 4.78 is 16.2. The van der Waals surface area contributed by atoms with E-state index in [1.165, 1.54) is 7.11 Å². The number of carbonyl (C=O) groups excluding carboxylic acids is 2. The first kappa shape index (κ1) is 21.6. The van der Waals surface area contributed by atoms with Crippen LogP contribution in [0.25, 0.3) is 0 Å². The Bertz CT molecular complexity index is 668. The van der Waals surface area contributed by atoms with Gasteiger partial charge in [0.25, 0.3) is 5.91 Å². The second-order valence-corrected chi connectivity index (χ2v) is 7.87. The molecule has 2 saturated heterocycles. The Morgan fingerprint density at radius 2 is 1.69 bits per heavy atom. The number of hydrogen-bond acceptors (Lipinski definition) is 5. The van der Waals surface area contributed by atoms with Gasteiger partial charge in [-0.2, -0.15) is 0 Å². The van der Waals surface area contributed by atoms with Gasteiger partial charge in [-0.1, -0.05) is 0 Å². The molecule has 0 saturated carbocycles. The summed E-state index contributed by atoms with van der Waals surface area (Å²) in [6.45, 7) is 3.75. The molecule has 2 aliphatic heterocycles. The number of ether oxygens (including phenoxy) is 3. The number of hydrogen-bond donors (Lipinski definition) is 0. The van der Waals surface area contributed by atoms with Crippen molar-refractivity contribution in [2.24, 2.45) is 5.92 Å². The van der Waals surface area contributed by atoms with Crippen molar-refractivity contribution in [1.82, 2.24) is 9.80 Å². The zero-order chi connectivity index (χ0) is 20.6. The van der Waals surface area contributed by atoms with Crippen LogP contribution in [0.3, 0.4) is 0 Å². The van der Waals surface area contributed by atoms with Crippen LogP contribution in [-0.4, -0.2) is 81.3 Å². The third kappa shape index (κ3) is 5.93. The predicted molar refractivity (Wildman–Crippen MR) is 109 cm³/mol. The van der Waals surface area contributed by atoms with E-state index in [2.05, 4.69) is 0 Å². The van der Waals surface area contributed by atoms with Crippen molar-refractivity contribution in [2.75, 3.05) is 53.6 Å². The first-order valence-electron chi connectivity index (χ1n) is 10.4. The van der Waals surface area contributed by atoms with Gasteiger partial charge in [-0.05, 0) is 43.0 Å². The maximum absolute atomic E-state index is 12.8. The fourth-order valence-corrected chi connectivity index (χ4v) is 4.11. The Hall–Kier alpha value is -2.12. The highest BCUT2D eigenvalue weighted by Crippen LogP contribution is 2.22. The van der Waals surface area contributed by atoms with E-state index >= 15 is 0 Å². The molecule has 0 radical (unpaired) electrons. The molecular formula is C22H32N2O5. The summed E-state index contributed by atoms with van der Waals surface area (Å²) in [7, 11) is 3.24. The summed E-state index contributed by atoms with van der Waals surface area (Å²) >= 11 is 0. The van der Waals surface area contributed by atoms with E-state index in [1.807, 2.05) is 34.1 Å². The van der Waals surface area contributed by atoms with Gasteiger partial charge in [0, 0.05) is 58.8 Å². The number of benzene rings is 1. The molecule has 0 bridgehead atoms. The maximum Gasteiger partial charge on any atom is 0.253 e. The van der Waals surface area contributed by atoms with Crippen molar-refractivity contribution in [3.05, 3.63) is 29.8 Å². The zero-order valence-electron chi connectivity index (χ0n) is 17.5. The molecule has 0 N–H and O–H groups in total. The van der Waals surface area contributed by atoms with Crippen molar-refractivity contribution >= 4 is 11.8 Å². The summed E-state index contributed by atoms with van der Waals surface area (Å²) in [5.74, 6) is 1.28. The maximum atomic E-state index is 12.8. The largest absolute Gasteiger partial charge is 0.490 e. The van der Waals surface area contributed by atoms with Gasteiger partial charge in [0.15, 0.2) is 0 Å². The van der Waals surface area contributed by atoms with Crippen LogP contribution < -0.4 is 4.74 Å². The van der Waals surface area contributed by atoms with Gasteiger partial charge < -0.3 is 24.0 Å². The molecule has 0 aromatic heterocycles. The number of likely N-dealkylation sites (tertiary alicyclic amines) is 2. The van der Waals surface area contributed by atoms with E-state index in [9.17, 15) is 9.59 Å². The standard InChI is InChI=1S/C22H32N2O5/c1-27-15-17-4-3-11-24(14-17)22(26)18-5-7-19(8-6-18)29-20-9-12-23(13-10-20)21(25)16-28-2/h5-8,17,20H,3-4,9-16H2,1-2H3. The smallest absolute Gasteiger partial charge is 0.253 e. The lowest BCUT2D eigenvalue weighted by atomic mass is 9.98. The van der Waals surface area contributed by atoms with Crippen molar-refractivity contribution in [3.8, 4) is 5.75 Å². The second kappa shape index (κ2) is 10.6. The molecule has 2 fully saturated rings. The van der Waals surface area contributed by atoms with Crippen LogP contribution in [0, 0.1) is 5.92 Å². The number of carbonyl (C=O) groups is 2. The first-order chi connectivity index (χ1) is 14.1. The fourth-order valence-electron chi connectivity index (χ4n) is 4.11. The molecule has 7 nitrogen and oxygen atoms in total. The second-order valence-electron chi connectivity index (χ2n) is 7.87. The minimum atomic E-state index is 0.0271. The molecule has 2 heterocycles. The van der Waals surface area contributed by atoms with E-state index in [-0.39, 0.29) is 24.5 Å². The number of piperidine rings is 2. The molecule has 160 valence electrons. The van der Waals surface area contributed by atoms with E-state index in [0.717, 1.165) is 44.5 Å². The number of nitrogens with zero attached hydrogens (tertiary/aromatic N) is 2. The number of methoxy groups -OCH3 is 2. The van der Waals surface area contributed by atoms with Crippen LogP contribution in [0.5, 0.6) is 5.75 Å². The summed E-state index contributed by atoms with van der Waals surface area (Å²) in [5.41, 5.74) is 0.690. The highest BCUT2D eigenvalue weighted by atomic mass is 16.5. The fraction of sp³-hybridized carbons (Fsp3) is 0.636. The molecule has 29 heavy (non-hydrogen) atoms. The first-order valence-corrected chi connectivity index (χ1v) is 10.4. The number of amides is 2. The molecule has 2 aliphatic rings. The van der Waals surface area contributed by atoms with Crippen LogP contribution in [0.4, 0.5) is 0 Å². The highest BCUT2D eigenvalue weighted by molar-refractivity contribution is 5.94. The Balaban J connectivity index is 1.49.